The quantitative estimate of drug-likeness (QED) is 0.161. The van der Waals surface area contributed by atoms with Crippen molar-refractivity contribution in [2.24, 2.45) is 0 Å². The van der Waals surface area contributed by atoms with E-state index in [4.69, 9.17) is 0 Å². The average Bonchev–Trinajstić information content (AvgIpc) is 3.80. The summed E-state index contributed by atoms with van der Waals surface area (Å²) in [5.41, 5.74) is 16.2. The molecule has 1 heteroatoms. The highest BCUT2D eigenvalue weighted by atomic mass is 15.1. The zero-order valence-corrected chi connectivity index (χ0v) is 33.8. The molecule has 14 rings (SSSR count). The second-order valence-corrected chi connectivity index (χ2v) is 17.2. The number of hydrogen-bond acceptors (Lipinski definition) is 1. The highest BCUT2D eigenvalue weighted by molar-refractivity contribution is 6.25. The number of nitrogens with zero attached hydrogens (tertiary/aromatic N) is 1. The summed E-state index contributed by atoms with van der Waals surface area (Å²) in [6, 6.07) is 84.2. The number of fused-ring (bicyclic) bond motifs is 13. The molecule has 0 unspecified atom stereocenters. The summed E-state index contributed by atoms with van der Waals surface area (Å²) in [5.74, 6) is 0. The molecule has 0 amide bonds. The van der Waals surface area contributed by atoms with Crippen molar-refractivity contribution in [2.75, 3.05) is 4.90 Å². The summed E-state index contributed by atoms with van der Waals surface area (Å²) in [4.78, 5) is 2.46. The number of rotatable bonds is 4. The Morgan fingerprint density at radius 2 is 0.742 bits per heavy atom. The average molecular weight is 784 g/mol. The molecule has 0 atom stereocenters. The zero-order valence-electron chi connectivity index (χ0n) is 33.8. The van der Waals surface area contributed by atoms with Crippen LogP contribution in [-0.4, -0.2) is 0 Å². The maximum absolute atomic E-state index is 2.49. The van der Waals surface area contributed by atoms with E-state index in [-0.39, 0.29) is 0 Å². The zero-order chi connectivity index (χ0) is 40.5. The van der Waals surface area contributed by atoms with Gasteiger partial charge in [0.1, 0.15) is 0 Å². The monoisotopic (exact) mass is 783 g/mol. The normalized spacial score (nSPS) is 13.3. The van der Waals surface area contributed by atoms with Crippen LogP contribution in [0.15, 0.2) is 224 Å². The van der Waals surface area contributed by atoms with E-state index in [1.54, 1.807) is 0 Å². The van der Waals surface area contributed by atoms with E-state index in [1.165, 1.54) is 109 Å². The van der Waals surface area contributed by atoms with Crippen molar-refractivity contribution in [3.63, 3.8) is 0 Å². The smallest absolute Gasteiger partial charge is 0.0726 e. The number of hydrogen-bond donors (Lipinski definition) is 0. The lowest BCUT2D eigenvalue weighted by Crippen LogP contribution is -2.26. The van der Waals surface area contributed by atoms with Crippen molar-refractivity contribution < 1.29 is 0 Å². The second-order valence-electron chi connectivity index (χ2n) is 17.2. The second kappa shape index (κ2) is 12.5. The standard InChI is InChI=1S/C61H37N/c1-2-15-44(16-3-1)62(45-30-31-53-52-22-10-13-25-57(52)61(58(53)37-45)55-23-11-8-20-50(55)51-21-9-12-24-56(51)61)46-34-41-28-26-39-32-43(33-40-27-29-42(35-46)60(41)59(39)40)54-36-38-14-4-5-17-47(38)48-18-6-7-19-49(48)54/h1-37H. The van der Waals surface area contributed by atoms with E-state index < -0.39 is 5.41 Å². The Balaban J connectivity index is 0.965. The lowest BCUT2D eigenvalue weighted by Gasteiger charge is -2.32. The molecule has 1 nitrogen and oxygen atoms in total. The third-order valence-electron chi connectivity index (χ3n) is 14.1. The molecular formula is C61H37N. The molecule has 0 bridgehead atoms. The van der Waals surface area contributed by atoms with Crippen LogP contribution in [0.1, 0.15) is 22.3 Å². The first kappa shape index (κ1) is 33.8. The van der Waals surface area contributed by atoms with Gasteiger partial charge in [0.15, 0.2) is 0 Å². The molecule has 0 heterocycles. The van der Waals surface area contributed by atoms with Crippen LogP contribution in [0.3, 0.4) is 0 Å². The minimum Gasteiger partial charge on any atom is -0.310 e. The lowest BCUT2D eigenvalue weighted by atomic mass is 9.70. The molecule has 286 valence electrons. The van der Waals surface area contributed by atoms with E-state index >= 15 is 0 Å². The molecule has 12 aromatic carbocycles. The molecule has 0 aliphatic heterocycles. The van der Waals surface area contributed by atoms with Crippen LogP contribution >= 0.6 is 0 Å². The van der Waals surface area contributed by atoms with Crippen LogP contribution in [0.2, 0.25) is 0 Å². The molecule has 1 spiro atoms. The van der Waals surface area contributed by atoms with Crippen molar-refractivity contribution in [3.8, 4) is 33.4 Å². The van der Waals surface area contributed by atoms with Gasteiger partial charge in [0, 0.05) is 17.1 Å². The summed E-state index contributed by atoms with van der Waals surface area (Å²) in [7, 11) is 0. The summed E-state index contributed by atoms with van der Waals surface area (Å²) in [6.45, 7) is 0. The Bertz CT molecular complexity index is 3690. The minimum absolute atomic E-state index is 0.414. The van der Waals surface area contributed by atoms with Crippen molar-refractivity contribution in [1.82, 2.24) is 0 Å². The third-order valence-corrected chi connectivity index (χ3v) is 14.1. The summed E-state index contributed by atoms with van der Waals surface area (Å²) >= 11 is 0. The van der Waals surface area contributed by atoms with E-state index in [0.29, 0.717) is 0 Å². The maximum Gasteiger partial charge on any atom is 0.0726 e. The van der Waals surface area contributed by atoms with Gasteiger partial charge in [-0.25, -0.2) is 0 Å². The van der Waals surface area contributed by atoms with Crippen LogP contribution in [0.25, 0.3) is 87.2 Å². The van der Waals surface area contributed by atoms with Crippen molar-refractivity contribution >= 4 is 70.9 Å². The van der Waals surface area contributed by atoms with Crippen molar-refractivity contribution in [1.29, 1.82) is 0 Å². The maximum atomic E-state index is 2.49. The van der Waals surface area contributed by atoms with Gasteiger partial charge in [-0.2, -0.15) is 0 Å². The first-order chi connectivity index (χ1) is 30.7. The summed E-state index contributed by atoms with van der Waals surface area (Å²) in [6.07, 6.45) is 0. The Morgan fingerprint density at radius 1 is 0.258 bits per heavy atom. The Kier molecular flexibility index (Phi) is 6.82. The molecule has 2 aliphatic carbocycles. The topological polar surface area (TPSA) is 3.24 Å². The molecule has 2 aliphatic rings. The van der Waals surface area contributed by atoms with E-state index in [0.717, 1.165) is 17.1 Å². The highest BCUT2D eigenvalue weighted by Gasteiger charge is 2.51. The minimum atomic E-state index is -0.414. The fourth-order valence-electron chi connectivity index (χ4n) is 11.6. The van der Waals surface area contributed by atoms with Crippen molar-refractivity contribution in [2.45, 2.75) is 5.41 Å². The molecular weight excluding hydrogens is 747 g/mol. The molecule has 0 saturated carbocycles. The Morgan fingerprint density at radius 3 is 1.35 bits per heavy atom. The Hall–Kier alpha value is -8.00. The molecule has 62 heavy (non-hydrogen) atoms. The van der Waals surface area contributed by atoms with Crippen LogP contribution in [-0.2, 0) is 5.41 Å². The first-order valence-corrected chi connectivity index (χ1v) is 21.7. The molecule has 0 N–H and O–H groups in total. The lowest BCUT2D eigenvalue weighted by molar-refractivity contribution is 0.793. The van der Waals surface area contributed by atoms with Gasteiger partial charge in [-0.15, -0.1) is 0 Å². The number of para-hydroxylation sites is 1. The van der Waals surface area contributed by atoms with E-state index in [9.17, 15) is 0 Å². The largest absolute Gasteiger partial charge is 0.310 e. The van der Waals surface area contributed by atoms with Gasteiger partial charge in [-0.1, -0.05) is 170 Å². The fraction of sp³-hybridized carbons (Fsp3) is 0.0164. The van der Waals surface area contributed by atoms with Crippen LogP contribution in [0.4, 0.5) is 17.1 Å². The van der Waals surface area contributed by atoms with Gasteiger partial charge < -0.3 is 4.90 Å². The Labute approximate surface area is 359 Å². The summed E-state index contributed by atoms with van der Waals surface area (Å²) in [5, 5.41) is 12.8. The molecule has 0 aromatic heterocycles. The molecule has 12 aromatic rings. The predicted octanol–water partition coefficient (Wildman–Crippen LogP) is 16.4. The van der Waals surface area contributed by atoms with Gasteiger partial charge in [-0.05, 0) is 164 Å². The van der Waals surface area contributed by atoms with E-state index in [1.807, 2.05) is 0 Å². The van der Waals surface area contributed by atoms with Gasteiger partial charge in [-0.3, -0.25) is 0 Å². The van der Waals surface area contributed by atoms with Gasteiger partial charge in [0.2, 0.25) is 0 Å². The van der Waals surface area contributed by atoms with Crippen LogP contribution < -0.4 is 4.90 Å². The van der Waals surface area contributed by atoms with Gasteiger partial charge >= 0.3 is 0 Å². The number of benzene rings is 12. The van der Waals surface area contributed by atoms with Crippen LogP contribution in [0.5, 0.6) is 0 Å². The first-order valence-electron chi connectivity index (χ1n) is 21.7. The van der Waals surface area contributed by atoms with E-state index in [2.05, 4.69) is 229 Å². The number of anilines is 3. The highest BCUT2D eigenvalue weighted by Crippen LogP contribution is 2.63. The van der Waals surface area contributed by atoms with Gasteiger partial charge in [0.25, 0.3) is 0 Å². The summed E-state index contributed by atoms with van der Waals surface area (Å²) < 4.78 is 0. The molecule has 0 fully saturated rings. The van der Waals surface area contributed by atoms with Crippen molar-refractivity contribution in [3.05, 3.63) is 247 Å². The predicted molar refractivity (Wildman–Crippen MR) is 262 cm³/mol. The van der Waals surface area contributed by atoms with Crippen LogP contribution in [0, 0.1) is 0 Å². The SMILES string of the molecule is c1ccc(N(c2ccc3c(c2)C2(c4ccccc4-c4ccccc42)c2ccccc2-3)c2cc3ccc4cc(-c5cc6ccccc6c6ccccc56)cc5ccc(c2)c3c45)cc1. The molecule has 0 radical (unpaired) electrons. The third kappa shape index (κ3) is 4.47. The fourth-order valence-corrected chi connectivity index (χ4v) is 11.6. The molecule has 0 saturated heterocycles. The van der Waals surface area contributed by atoms with Gasteiger partial charge in [0.05, 0.1) is 5.41 Å².